The van der Waals surface area contributed by atoms with Gasteiger partial charge in [0, 0.05) is 17.1 Å². The molecule has 0 aliphatic rings. The highest BCUT2D eigenvalue weighted by atomic mass is 32.2. The Morgan fingerprint density at radius 2 is 2.18 bits per heavy atom. The molecule has 0 aliphatic heterocycles. The summed E-state index contributed by atoms with van der Waals surface area (Å²) >= 11 is 0. The summed E-state index contributed by atoms with van der Waals surface area (Å²) in [6.45, 7) is 1.98. The average molecular weight is 178 g/mol. The normalized spacial score (nSPS) is 15.8. The summed E-state index contributed by atoms with van der Waals surface area (Å²) in [5.74, 6) is -0.945. The average Bonchev–Trinajstić information content (AvgIpc) is 1.87. The lowest BCUT2D eigenvalue weighted by Crippen LogP contribution is -2.24. The van der Waals surface area contributed by atoms with Crippen LogP contribution in [0.2, 0.25) is 0 Å². The Bertz CT molecular complexity index is 142. The Labute approximate surface area is 69.3 Å². The smallest absolute Gasteiger partial charge is 0.319 e. The lowest BCUT2D eigenvalue weighted by Gasteiger charge is -2.06. The Balaban J connectivity index is 3.90. The van der Waals surface area contributed by atoms with Gasteiger partial charge in [-0.05, 0) is 6.42 Å². The Kier molecular flexibility index (Phi) is 5.11. The van der Waals surface area contributed by atoms with E-state index in [1.165, 1.54) is 6.26 Å². The molecule has 0 aromatic heterocycles. The molecule has 0 saturated heterocycles. The van der Waals surface area contributed by atoms with Gasteiger partial charge in [0.1, 0.15) is 5.25 Å². The molecule has 11 heavy (non-hydrogen) atoms. The highest BCUT2D eigenvalue weighted by Crippen LogP contribution is 2.06. The van der Waals surface area contributed by atoms with Crippen LogP contribution in [0.15, 0.2) is 0 Å². The molecular formula is C7H14O3S. The van der Waals surface area contributed by atoms with Gasteiger partial charge in [-0.1, -0.05) is 19.8 Å². The molecule has 1 N–H and O–H groups in total. The van der Waals surface area contributed by atoms with E-state index in [0.29, 0.717) is 6.42 Å². The highest BCUT2D eigenvalue weighted by Gasteiger charge is 2.19. The quantitative estimate of drug-likeness (QED) is 0.683. The fraction of sp³-hybridized carbons (Fsp3) is 0.857. The summed E-state index contributed by atoms with van der Waals surface area (Å²) in [6.07, 6.45) is 3.74. The van der Waals surface area contributed by atoms with Gasteiger partial charge in [-0.25, -0.2) is 0 Å². The molecular weight excluding hydrogens is 164 g/mol. The summed E-state index contributed by atoms with van der Waals surface area (Å²) in [5.41, 5.74) is 0. The van der Waals surface area contributed by atoms with Crippen molar-refractivity contribution in [1.29, 1.82) is 0 Å². The first-order valence-electron chi connectivity index (χ1n) is 3.64. The lowest BCUT2D eigenvalue weighted by molar-refractivity contribution is -0.136. The van der Waals surface area contributed by atoms with Gasteiger partial charge < -0.3 is 5.11 Å². The second kappa shape index (κ2) is 5.29. The summed E-state index contributed by atoms with van der Waals surface area (Å²) in [5, 5.41) is 7.91. The molecule has 2 atom stereocenters. The molecule has 0 rings (SSSR count). The van der Waals surface area contributed by atoms with Crippen molar-refractivity contribution < 1.29 is 14.1 Å². The number of carboxylic acids is 1. The van der Waals surface area contributed by atoms with Crippen molar-refractivity contribution in [2.45, 2.75) is 31.4 Å². The molecule has 0 saturated carbocycles. The SMILES string of the molecule is CCCCC(C(=O)O)S(C)=O. The third kappa shape index (κ3) is 4.14. The van der Waals surface area contributed by atoms with E-state index in [1.807, 2.05) is 6.92 Å². The molecule has 0 bridgehead atoms. The lowest BCUT2D eigenvalue weighted by atomic mass is 10.2. The fourth-order valence-corrected chi connectivity index (χ4v) is 1.60. The molecule has 0 fully saturated rings. The predicted octanol–water partition coefficient (Wildman–Crippen LogP) is 1.01. The number of hydrogen-bond acceptors (Lipinski definition) is 2. The molecule has 0 spiro atoms. The van der Waals surface area contributed by atoms with Gasteiger partial charge in [0.15, 0.2) is 0 Å². The summed E-state index contributed by atoms with van der Waals surface area (Å²) < 4.78 is 10.8. The molecule has 4 heteroatoms. The minimum Gasteiger partial charge on any atom is -0.480 e. The third-order valence-electron chi connectivity index (χ3n) is 1.50. The van der Waals surface area contributed by atoms with Crippen LogP contribution in [0, 0.1) is 0 Å². The molecule has 2 unspecified atom stereocenters. The molecule has 3 nitrogen and oxygen atoms in total. The van der Waals surface area contributed by atoms with Crippen LogP contribution in [0.25, 0.3) is 0 Å². The molecule has 0 heterocycles. The number of rotatable bonds is 5. The van der Waals surface area contributed by atoms with Crippen molar-refractivity contribution in [2.24, 2.45) is 0 Å². The molecule has 0 aromatic rings. The maximum Gasteiger partial charge on any atom is 0.319 e. The van der Waals surface area contributed by atoms with Crippen LogP contribution in [0.5, 0.6) is 0 Å². The number of carboxylic acid groups (broad SMARTS) is 1. The van der Waals surface area contributed by atoms with Crippen LogP contribution >= 0.6 is 0 Å². The van der Waals surface area contributed by atoms with Gasteiger partial charge in [-0.3, -0.25) is 9.00 Å². The predicted molar refractivity (Wildman–Crippen MR) is 45.0 cm³/mol. The summed E-state index contributed by atoms with van der Waals surface area (Å²) in [7, 11) is -1.23. The topological polar surface area (TPSA) is 54.4 Å². The van der Waals surface area contributed by atoms with Gasteiger partial charge >= 0.3 is 5.97 Å². The molecule has 0 amide bonds. The second-order valence-corrected chi connectivity index (χ2v) is 4.03. The van der Waals surface area contributed by atoms with Crippen molar-refractivity contribution in [3.05, 3.63) is 0 Å². The minimum atomic E-state index is -1.23. The van der Waals surface area contributed by atoms with Crippen molar-refractivity contribution in [3.8, 4) is 0 Å². The van der Waals surface area contributed by atoms with E-state index >= 15 is 0 Å². The molecule has 66 valence electrons. The van der Waals surface area contributed by atoms with Crippen molar-refractivity contribution in [3.63, 3.8) is 0 Å². The fourth-order valence-electron chi connectivity index (χ4n) is 0.821. The van der Waals surface area contributed by atoms with E-state index in [-0.39, 0.29) is 0 Å². The highest BCUT2D eigenvalue weighted by molar-refractivity contribution is 7.85. The zero-order valence-corrected chi connectivity index (χ0v) is 7.69. The van der Waals surface area contributed by atoms with E-state index < -0.39 is 22.0 Å². The Morgan fingerprint density at radius 3 is 2.45 bits per heavy atom. The van der Waals surface area contributed by atoms with E-state index in [2.05, 4.69) is 0 Å². The van der Waals surface area contributed by atoms with Crippen LogP contribution in [0.3, 0.4) is 0 Å². The Hall–Kier alpha value is -0.380. The van der Waals surface area contributed by atoms with Crippen LogP contribution in [0.4, 0.5) is 0 Å². The van der Waals surface area contributed by atoms with Crippen LogP contribution in [-0.4, -0.2) is 26.8 Å². The molecule has 0 radical (unpaired) electrons. The van der Waals surface area contributed by atoms with E-state index in [1.54, 1.807) is 0 Å². The van der Waals surface area contributed by atoms with Gasteiger partial charge in [0.2, 0.25) is 0 Å². The van der Waals surface area contributed by atoms with Crippen LogP contribution in [0.1, 0.15) is 26.2 Å². The number of carbonyl (C=O) groups is 1. The minimum absolute atomic E-state index is 0.523. The van der Waals surface area contributed by atoms with Crippen LogP contribution in [-0.2, 0) is 15.6 Å². The zero-order chi connectivity index (χ0) is 8.85. The van der Waals surface area contributed by atoms with E-state index in [0.717, 1.165) is 12.8 Å². The summed E-state index contributed by atoms with van der Waals surface area (Å²) in [4.78, 5) is 10.5. The monoisotopic (exact) mass is 178 g/mol. The zero-order valence-electron chi connectivity index (χ0n) is 6.87. The van der Waals surface area contributed by atoms with Gasteiger partial charge in [-0.15, -0.1) is 0 Å². The first kappa shape index (κ1) is 10.6. The van der Waals surface area contributed by atoms with Gasteiger partial charge in [-0.2, -0.15) is 0 Å². The summed E-state index contributed by atoms with van der Waals surface area (Å²) in [6, 6.07) is 0. The largest absolute Gasteiger partial charge is 0.480 e. The standard InChI is InChI=1S/C7H14O3S/c1-3-4-5-6(7(8)9)11(2)10/h6H,3-5H2,1-2H3,(H,8,9). The second-order valence-electron chi connectivity index (χ2n) is 2.47. The van der Waals surface area contributed by atoms with Crippen molar-refractivity contribution >= 4 is 16.8 Å². The van der Waals surface area contributed by atoms with Gasteiger partial charge in [0.05, 0.1) is 0 Å². The van der Waals surface area contributed by atoms with Crippen molar-refractivity contribution in [1.82, 2.24) is 0 Å². The first-order valence-corrected chi connectivity index (χ1v) is 5.26. The Morgan fingerprint density at radius 1 is 1.64 bits per heavy atom. The van der Waals surface area contributed by atoms with Gasteiger partial charge in [0.25, 0.3) is 0 Å². The maximum absolute atomic E-state index is 10.8. The number of unbranched alkanes of at least 4 members (excludes halogenated alkanes) is 1. The number of aliphatic carboxylic acids is 1. The molecule has 0 aliphatic carbocycles. The molecule has 0 aromatic carbocycles. The first-order chi connectivity index (χ1) is 5.09. The van der Waals surface area contributed by atoms with E-state index in [9.17, 15) is 9.00 Å². The van der Waals surface area contributed by atoms with E-state index in [4.69, 9.17) is 5.11 Å². The third-order valence-corrected chi connectivity index (χ3v) is 2.73. The number of hydrogen-bond donors (Lipinski definition) is 1. The van der Waals surface area contributed by atoms with Crippen LogP contribution < -0.4 is 0 Å². The van der Waals surface area contributed by atoms with Crippen molar-refractivity contribution in [2.75, 3.05) is 6.26 Å². The maximum atomic E-state index is 10.8.